The maximum absolute atomic E-state index is 13.9. The van der Waals surface area contributed by atoms with E-state index in [1.54, 1.807) is 20.8 Å². The van der Waals surface area contributed by atoms with Crippen molar-refractivity contribution in [3.8, 4) is 0 Å². The molecule has 0 saturated heterocycles. The van der Waals surface area contributed by atoms with Gasteiger partial charge >= 0.3 is 6.09 Å². The summed E-state index contributed by atoms with van der Waals surface area (Å²) in [4.78, 5) is 41.3. The maximum atomic E-state index is 13.9. The lowest BCUT2D eigenvalue weighted by Crippen LogP contribution is -2.54. The van der Waals surface area contributed by atoms with Gasteiger partial charge in [0.25, 0.3) is 0 Å². The number of hydrogen-bond acceptors (Lipinski definition) is 5. The van der Waals surface area contributed by atoms with Gasteiger partial charge in [-0.2, -0.15) is 0 Å². The van der Waals surface area contributed by atoms with Crippen molar-refractivity contribution in [2.24, 2.45) is 5.92 Å². The van der Waals surface area contributed by atoms with Crippen LogP contribution in [0, 0.1) is 19.8 Å². The summed E-state index contributed by atoms with van der Waals surface area (Å²) in [7, 11) is 0. The Bertz CT molecular complexity index is 863. The number of benzene rings is 1. The minimum atomic E-state index is -0.944. The Morgan fingerprint density at radius 2 is 1.75 bits per heavy atom. The van der Waals surface area contributed by atoms with E-state index in [0.717, 1.165) is 30.4 Å². The van der Waals surface area contributed by atoms with Crippen molar-refractivity contribution in [2.45, 2.75) is 98.8 Å². The van der Waals surface area contributed by atoms with E-state index in [1.165, 1.54) is 4.90 Å². The number of nitrogens with zero attached hydrogens (tertiary/aromatic N) is 1. The molecule has 8 nitrogen and oxygen atoms in total. The molecular weight excluding hydrogens is 458 g/mol. The molecule has 0 aliphatic carbocycles. The summed E-state index contributed by atoms with van der Waals surface area (Å²) in [5.74, 6) is -0.653. The van der Waals surface area contributed by atoms with E-state index < -0.39 is 29.7 Å². The topological polar surface area (TPSA) is 108 Å². The van der Waals surface area contributed by atoms with Gasteiger partial charge in [-0.05, 0) is 70.1 Å². The second-order valence-electron chi connectivity index (χ2n) is 10.8. The second kappa shape index (κ2) is 14.8. The summed E-state index contributed by atoms with van der Waals surface area (Å²) < 4.78 is 5.39. The van der Waals surface area contributed by atoms with Crippen molar-refractivity contribution in [1.82, 2.24) is 15.5 Å². The van der Waals surface area contributed by atoms with Crippen LogP contribution in [0.4, 0.5) is 4.79 Å². The first kappa shape index (κ1) is 31.4. The van der Waals surface area contributed by atoms with E-state index in [2.05, 4.69) is 17.6 Å². The number of nitrogens with one attached hydrogen (secondary N) is 2. The minimum absolute atomic E-state index is 0.0522. The second-order valence-corrected chi connectivity index (χ2v) is 10.8. The van der Waals surface area contributed by atoms with Gasteiger partial charge in [-0.25, -0.2) is 4.79 Å². The Balaban J connectivity index is 3.40. The molecule has 0 fully saturated rings. The molecule has 0 radical (unpaired) electrons. The first-order valence-electron chi connectivity index (χ1n) is 13.1. The Kier molecular flexibility index (Phi) is 12.9. The lowest BCUT2D eigenvalue weighted by molar-refractivity contribution is -0.143. The van der Waals surface area contributed by atoms with Gasteiger partial charge < -0.3 is 25.4 Å². The average molecular weight is 506 g/mol. The molecule has 3 amide bonds. The molecule has 2 unspecified atom stereocenters. The van der Waals surface area contributed by atoms with Gasteiger partial charge in [-0.1, -0.05) is 51.8 Å². The number of carbonyl (C=O) groups is 3. The van der Waals surface area contributed by atoms with Crippen LogP contribution in [0.15, 0.2) is 18.2 Å². The Hall–Kier alpha value is -2.61. The third kappa shape index (κ3) is 10.6. The molecule has 0 spiro atoms. The molecule has 204 valence electrons. The van der Waals surface area contributed by atoms with Crippen molar-refractivity contribution in [2.75, 3.05) is 19.7 Å². The van der Waals surface area contributed by atoms with Gasteiger partial charge in [0.15, 0.2) is 0 Å². The van der Waals surface area contributed by atoms with Gasteiger partial charge in [0.1, 0.15) is 17.7 Å². The summed E-state index contributed by atoms with van der Waals surface area (Å²) in [6.07, 6.45) is 2.52. The molecule has 2 atom stereocenters. The monoisotopic (exact) mass is 505 g/mol. The number of alkyl carbamates (subject to hydrolysis) is 1. The van der Waals surface area contributed by atoms with Crippen molar-refractivity contribution in [1.29, 1.82) is 0 Å². The van der Waals surface area contributed by atoms with Crippen LogP contribution >= 0.6 is 0 Å². The number of hydrogen-bond donors (Lipinski definition) is 3. The molecule has 1 rings (SSSR count). The number of carbonyl (C=O) groups excluding carboxylic acids is 3. The SMILES string of the molecule is CCCCCNC(=O)C(c1ccc(C)c(C)c1)N(CCO)C(=O)C(CC(C)C)NC(=O)OC(C)(C)C. The fourth-order valence-electron chi connectivity index (χ4n) is 3.91. The summed E-state index contributed by atoms with van der Waals surface area (Å²) in [6, 6.07) is 3.82. The number of rotatable bonds is 13. The van der Waals surface area contributed by atoms with Crippen molar-refractivity contribution < 1.29 is 24.2 Å². The maximum Gasteiger partial charge on any atom is 0.408 e. The third-order valence-electron chi connectivity index (χ3n) is 5.81. The number of amides is 3. The van der Waals surface area contributed by atoms with Gasteiger partial charge in [0.05, 0.1) is 6.61 Å². The molecule has 0 heterocycles. The molecule has 0 aliphatic rings. The fourth-order valence-corrected chi connectivity index (χ4v) is 3.91. The number of ether oxygens (including phenoxy) is 1. The first-order chi connectivity index (χ1) is 16.8. The fraction of sp³-hybridized carbons (Fsp3) is 0.679. The highest BCUT2D eigenvalue weighted by molar-refractivity contribution is 5.92. The number of unbranched alkanes of at least 4 members (excludes halogenated alkanes) is 2. The van der Waals surface area contributed by atoms with Crippen LogP contribution in [0.2, 0.25) is 0 Å². The Morgan fingerprint density at radius 1 is 1.08 bits per heavy atom. The van der Waals surface area contributed by atoms with Gasteiger partial charge in [-0.15, -0.1) is 0 Å². The van der Waals surface area contributed by atoms with Crippen LogP contribution in [-0.4, -0.2) is 59.3 Å². The zero-order chi connectivity index (χ0) is 27.5. The molecule has 0 bridgehead atoms. The average Bonchev–Trinajstić information content (AvgIpc) is 2.76. The van der Waals surface area contributed by atoms with Crippen LogP contribution in [0.25, 0.3) is 0 Å². The van der Waals surface area contributed by atoms with E-state index in [4.69, 9.17) is 4.74 Å². The smallest absolute Gasteiger partial charge is 0.408 e. The summed E-state index contributed by atoms with van der Waals surface area (Å²) in [6.45, 7) is 15.3. The van der Waals surface area contributed by atoms with Gasteiger partial charge in [0, 0.05) is 13.1 Å². The van der Waals surface area contributed by atoms with E-state index in [-0.39, 0.29) is 25.0 Å². The molecule has 36 heavy (non-hydrogen) atoms. The van der Waals surface area contributed by atoms with Crippen LogP contribution < -0.4 is 10.6 Å². The van der Waals surface area contributed by atoms with Crippen LogP contribution in [-0.2, 0) is 14.3 Å². The normalized spacial score (nSPS) is 13.2. The zero-order valence-electron chi connectivity index (χ0n) is 23.4. The first-order valence-corrected chi connectivity index (χ1v) is 13.1. The summed E-state index contributed by atoms with van der Waals surface area (Å²) in [5.41, 5.74) is 2.01. The number of aliphatic hydroxyl groups is 1. The highest BCUT2D eigenvalue weighted by Crippen LogP contribution is 2.25. The van der Waals surface area contributed by atoms with Crippen molar-refractivity contribution in [3.05, 3.63) is 34.9 Å². The molecular formula is C28H47N3O5. The minimum Gasteiger partial charge on any atom is -0.444 e. The number of aryl methyl sites for hydroxylation is 2. The highest BCUT2D eigenvalue weighted by atomic mass is 16.6. The van der Waals surface area contributed by atoms with Crippen LogP contribution in [0.1, 0.15) is 90.0 Å². The van der Waals surface area contributed by atoms with Crippen molar-refractivity contribution >= 4 is 17.9 Å². The zero-order valence-corrected chi connectivity index (χ0v) is 23.4. The molecule has 1 aromatic rings. The quantitative estimate of drug-likeness (QED) is 0.344. The van der Waals surface area contributed by atoms with E-state index >= 15 is 0 Å². The van der Waals surface area contributed by atoms with Gasteiger partial charge in [-0.3, -0.25) is 9.59 Å². The molecule has 0 saturated carbocycles. The van der Waals surface area contributed by atoms with Crippen molar-refractivity contribution in [3.63, 3.8) is 0 Å². The van der Waals surface area contributed by atoms with E-state index in [9.17, 15) is 19.5 Å². The number of aliphatic hydroxyl groups excluding tert-OH is 1. The Morgan fingerprint density at radius 3 is 2.28 bits per heavy atom. The molecule has 3 N–H and O–H groups in total. The molecule has 0 aliphatic heterocycles. The summed E-state index contributed by atoms with van der Waals surface area (Å²) >= 11 is 0. The molecule has 1 aromatic carbocycles. The molecule has 8 heteroatoms. The van der Waals surface area contributed by atoms with Gasteiger partial charge in [0.2, 0.25) is 11.8 Å². The predicted octanol–water partition coefficient (Wildman–Crippen LogP) is 4.41. The van der Waals surface area contributed by atoms with E-state index in [0.29, 0.717) is 18.5 Å². The highest BCUT2D eigenvalue weighted by Gasteiger charge is 2.36. The van der Waals surface area contributed by atoms with Crippen LogP contribution in [0.3, 0.4) is 0 Å². The molecule has 0 aromatic heterocycles. The van der Waals surface area contributed by atoms with Crippen LogP contribution in [0.5, 0.6) is 0 Å². The lowest BCUT2D eigenvalue weighted by atomic mass is 9.97. The summed E-state index contributed by atoms with van der Waals surface area (Å²) in [5, 5.41) is 15.5. The third-order valence-corrected chi connectivity index (χ3v) is 5.81. The predicted molar refractivity (Wildman–Crippen MR) is 143 cm³/mol. The largest absolute Gasteiger partial charge is 0.444 e. The Labute approximate surface area is 217 Å². The van der Waals surface area contributed by atoms with E-state index in [1.807, 2.05) is 45.9 Å². The standard InChI is InChI=1S/C28H47N3O5/c1-9-10-11-14-29-25(33)24(22-13-12-20(4)21(5)18-22)31(15-16-32)26(34)23(17-19(2)3)30-27(35)36-28(6,7)8/h12-13,18-19,23-24,32H,9-11,14-17H2,1-8H3,(H,29,33)(H,30,35). The lowest BCUT2D eigenvalue weighted by Gasteiger charge is -2.34.